The Hall–Kier alpha value is -2.70. The van der Waals surface area contributed by atoms with Crippen molar-refractivity contribution < 1.29 is 19.3 Å². The van der Waals surface area contributed by atoms with Gasteiger partial charge in [-0.1, -0.05) is 66.7 Å². The lowest BCUT2D eigenvalue weighted by molar-refractivity contribution is -0.141. The zero-order valence-electron chi connectivity index (χ0n) is 20.3. The topological polar surface area (TPSA) is 51.2 Å². The van der Waals surface area contributed by atoms with Crippen LogP contribution in [-0.4, -0.2) is 41.7 Å². The van der Waals surface area contributed by atoms with Crippen molar-refractivity contribution >= 4 is 0 Å². The number of rotatable bonds is 10. The molecule has 3 aromatic rings. The summed E-state index contributed by atoms with van der Waals surface area (Å²) in [4.78, 5) is 2.29. The third kappa shape index (κ3) is 6.90. The molecule has 3 aromatic carbocycles. The molecule has 1 aliphatic heterocycles. The molecule has 1 saturated heterocycles. The highest BCUT2D eigenvalue weighted by atomic mass is 16.7. The molecule has 4 rings (SSSR count). The lowest BCUT2D eigenvalue weighted by Crippen LogP contribution is -2.28. The lowest BCUT2D eigenvalue weighted by Gasteiger charge is -2.26. The van der Waals surface area contributed by atoms with Crippen molar-refractivity contribution in [1.29, 1.82) is 0 Å². The van der Waals surface area contributed by atoms with Crippen LogP contribution in [0.25, 0.3) is 0 Å². The molecule has 34 heavy (non-hydrogen) atoms. The predicted octanol–water partition coefficient (Wildman–Crippen LogP) is 5.26. The number of ether oxygens (including phenoxy) is 3. The van der Waals surface area contributed by atoms with Gasteiger partial charge in [0.25, 0.3) is 0 Å². The second-order valence-corrected chi connectivity index (χ2v) is 9.44. The molecule has 0 aliphatic carbocycles. The average Bonchev–Trinajstić information content (AvgIpc) is 3.18. The summed E-state index contributed by atoms with van der Waals surface area (Å²) in [5, 5.41) is 11.3. The molecule has 5 heteroatoms. The van der Waals surface area contributed by atoms with E-state index in [4.69, 9.17) is 14.2 Å². The molecular formula is C29H35NO4. The lowest BCUT2D eigenvalue weighted by atomic mass is 10.0. The van der Waals surface area contributed by atoms with Crippen molar-refractivity contribution in [2.24, 2.45) is 0 Å². The van der Waals surface area contributed by atoms with E-state index in [0.717, 1.165) is 30.0 Å². The van der Waals surface area contributed by atoms with Gasteiger partial charge in [0.2, 0.25) is 0 Å². The Kier molecular flexibility index (Phi) is 8.01. The minimum Gasteiger partial charge on any atom is -0.491 e. The van der Waals surface area contributed by atoms with Crippen molar-refractivity contribution in [3.63, 3.8) is 0 Å². The first-order valence-corrected chi connectivity index (χ1v) is 11.9. The quantitative estimate of drug-likeness (QED) is 0.446. The SMILES string of the molecule is Cc1ccc(OC[C@H]2COC(C)(C)O2)cc1C(O)CN(Cc1ccccc1)Cc1ccccc1. The van der Waals surface area contributed by atoms with Crippen molar-refractivity contribution in [1.82, 2.24) is 4.90 Å². The van der Waals surface area contributed by atoms with E-state index in [1.54, 1.807) is 0 Å². The van der Waals surface area contributed by atoms with Gasteiger partial charge < -0.3 is 19.3 Å². The van der Waals surface area contributed by atoms with Gasteiger partial charge in [0.05, 0.1) is 12.7 Å². The van der Waals surface area contributed by atoms with E-state index in [9.17, 15) is 5.11 Å². The Bertz CT molecular complexity index is 997. The summed E-state index contributed by atoms with van der Waals surface area (Å²) in [7, 11) is 0. The van der Waals surface area contributed by atoms with Gasteiger partial charge in [-0.15, -0.1) is 0 Å². The van der Waals surface area contributed by atoms with Crippen LogP contribution < -0.4 is 4.74 Å². The fourth-order valence-corrected chi connectivity index (χ4v) is 4.31. The maximum Gasteiger partial charge on any atom is 0.163 e. The van der Waals surface area contributed by atoms with Crippen molar-refractivity contribution in [2.45, 2.75) is 51.9 Å². The van der Waals surface area contributed by atoms with Gasteiger partial charge in [0.1, 0.15) is 18.5 Å². The molecule has 5 nitrogen and oxygen atoms in total. The molecule has 1 fully saturated rings. The highest BCUT2D eigenvalue weighted by Crippen LogP contribution is 2.27. The third-order valence-corrected chi connectivity index (χ3v) is 6.04. The van der Waals surface area contributed by atoms with Crippen LogP contribution in [-0.2, 0) is 22.6 Å². The summed E-state index contributed by atoms with van der Waals surface area (Å²) in [6.07, 6.45) is -0.738. The highest BCUT2D eigenvalue weighted by Gasteiger charge is 2.33. The minimum atomic E-state index is -0.638. The molecule has 1 aliphatic rings. The van der Waals surface area contributed by atoms with Crippen LogP contribution in [0.4, 0.5) is 0 Å². The van der Waals surface area contributed by atoms with Crippen molar-refractivity contribution in [3.05, 3.63) is 101 Å². The molecule has 0 spiro atoms. The van der Waals surface area contributed by atoms with Gasteiger partial charge in [-0.2, -0.15) is 0 Å². The van der Waals surface area contributed by atoms with Gasteiger partial charge in [-0.3, -0.25) is 4.90 Å². The van der Waals surface area contributed by atoms with E-state index in [1.807, 2.05) is 51.1 Å². The average molecular weight is 462 g/mol. The van der Waals surface area contributed by atoms with Gasteiger partial charge >= 0.3 is 0 Å². The zero-order valence-corrected chi connectivity index (χ0v) is 20.3. The van der Waals surface area contributed by atoms with Crippen LogP contribution in [0.3, 0.4) is 0 Å². The normalized spacial score (nSPS) is 18.2. The largest absolute Gasteiger partial charge is 0.491 e. The van der Waals surface area contributed by atoms with Crippen molar-refractivity contribution in [2.75, 3.05) is 19.8 Å². The summed E-state index contributed by atoms with van der Waals surface area (Å²) in [5.41, 5.74) is 4.37. The van der Waals surface area contributed by atoms with Gasteiger partial charge in [-0.25, -0.2) is 0 Å². The summed E-state index contributed by atoms with van der Waals surface area (Å²) in [5.74, 6) is 0.162. The Balaban J connectivity index is 1.44. The van der Waals surface area contributed by atoms with Gasteiger partial charge in [-0.05, 0) is 55.2 Å². The predicted molar refractivity (Wildman–Crippen MR) is 134 cm³/mol. The first kappa shape index (κ1) is 24.4. The van der Waals surface area contributed by atoms with E-state index in [0.29, 0.717) is 19.8 Å². The van der Waals surface area contributed by atoms with E-state index >= 15 is 0 Å². The smallest absolute Gasteiger partial charge is 0.163 e. The molecule has 0 saturated carbocycles. The summed E-state index contributed by atoms with van der Waals surface area (Å²) in [6.45, 7) is 8.80. The number of aryl methyl sites for hydroxylation is 1. The maximum absolute atomic E-state index is 11.3. The summed E-state index contributed by atoms with van der Waals surface area (Å²) < 4.78 is 17.4. The highest BCUT2D eigenvalue weighted by molar-refractivity contribution is 5.36. The van der Waals surface area contributed by atoms with E-state index < -0.39 is 11.9 Å². The number of hydrogen-bond acceptors (Lipinski definition) is 5. The Morgan fingerprint density at radius 2 is 1.59 bits per heavy atom. The molecule has 2 atom stereocenters. The third-order valence-electron chi connectivity index (χ3n) is 6.04. The summed E-state index contributed by atoms with van der Waals surface area (Å²) in [6, 6.07) is 26.7. The van der Waals surface area contributed by atoms with Gasteiger partial charge in [0.15, 0.2) is 5.79 Å². The fraction of sp³-hybridized carbons (Fsp3) is 0.379. The fourth-order valence-electron chi connectivity index (χ4n) is 4.31. The Labute approximate surface area is 202 Å². The van der Waals surface area contributed by atoms with Crippen LogP contribution >= 0.6 is 0 Å². The Morgan fingerprint density at radius 3 is 2.15 bits per heavy atom. The van der Waals surface area contributed by atoms with Crippen LogP contribution in [0, 0.1) is 6.92 Å². The standard InChI is InChI=1S/C29H35NO4/c1-22-14-15-25(32-20-26-21-33-29(2,3)34-26)16-27(22)28(31)19-30(17-23-10-6-4-7-11-23)18-24-12-8-5-9-13-24/h4-16,26,28,31H,17-21H2,1-3H3/t26-,28?/m0/s1. The second-order valence-electron chi connectivity index (χ2n) is 9.44. The molecule has 1 heterocycles. The van der Waals surface area contributed by atoms with Gasteiger partial charge in [0, 0.05) is 19.6 Å². The molecule has 1 N–H and O–H groups in total. The summed E-state index contributed by atoms with van der Waals surface area (Å²) >= 11 is 0. The first-order chi connectivity index (χ1) is 16.4. The molecule has 180 valence electrons. The van der Waals surface area contributed by atoms with Crippen LogP contribution in [0.1, 0.15) is 42.2 Å². The minimum absolute atomic E-state index is 0.100. The number of nitrogens with zero attached hydrogens (tertiary/aromatic N) is 1. The Morgan fingerprint density at radius 1 is 0.971 bits per heavy atom. The van der Waals surface area contributed by atoms with E-state index in [-0.39, 0.29) is 6.10 Å². The number of benzene rings is 3. The van der Waals surface area contributed by atoms with Crippen molar-refractivity contribution in [3.8, 4) is 5.75 Å². The molecule has 0 amide bonds. The first-order valence-electron chi connectivity index (χ1n) is 11.9. The zero-order chi connectivity index (χ0) is 24.0. The van der Waals surface area contributed by atoms with Crippen LogP contribution in [0.5, 0.6) is 5.75 Å². The van der Waals surface area contributed by atoms with E-state index in [1.165, 1.54) is 11.1 Å². The molecule has 0 radical (unpaired) electrons. The van der Waals surface area contributed by atoms with Crippen LogP contribution in [0.2, 0.25) is 0 Å². The van der Waals surface area contributed by atoms with Crippen LogP contribution in [0.15, 0.2) is 78.9 Å². The van der Waals surface area contributed by atoms with E-state index in [2.05, 4.69) is 53.4 Å². The maximum atomic E-state index is 11.3. The monoisotopic (exact) mass is 461 g/mol. The second kappa shape index (κ2) is 11.2. The molecule has 0 bridgehead atoms. The number of aliphatic hydroxyl groups excluding tert-OH is 1. The number of aliphatic hydroxyl groups is 1. The molecular weight excluding hydrogens is 426 g/mol. The molecule has 0 aromatic heterocycles. The molecule has 1 unspecified atom stereocenters. The number of hydrogen-bond donors (Lipinski definition) is 1.